The quantitative estimate of drug-likeness (QED) is 0.361. The molecule has 0 bridgehead atoms. The first-order valence-corrected chi connectivity index (χ1v) is 11.1. The van der Waals surface area contributed by atoms with Crippen molar-refractivity contribution < 1.29 is 9.13 Å². The van der Waals surface area contributed by atoms with Crippen molar-refractivity contribution in [2.24, 2.45) is 4.99 Å². The highest BCUT2D eigenvalue weighted by molar-refractivity contribution is 7.22. The minimum absolute atomic E-state index is 0.0112. The second kappa shape index (κ2) is 9.87. The van der Waals surface area contributed by atoms with Crippen LogP contribution in [0, 0.1) is 17.1 Å². The summed E-state index contributed by atoms with van der Waals surface area (Å²) in [5, 5.41) is 9.38. The highest BCUT2D eigenvalue weighted by Crippen LogP contribution is 2.38. The van der Waals surface area contributed by atoms with Gasteiger partial charge in [-0.2, -0.15) is 5.26 Å². The number of aromatic nitrogens is 2. The van der Waals surface area contributed by atoms with E-state index in [4.69, 9.17) is 16.3 Å². The minimum atomic E-state index is -0.683. The first-order chi connectivity index (χ1) is 16.4. The van der Waals surface area contributed by atoms with Crippen LogP contribution < -0.4 is 16.0 Å². The maximum atomic E-state index is 14.0. The normalized spacial score (nSPS) is 11.5. The van der Waals surface area contributed by atoms with Gasteiger partial charge >= 0.3 is 5.69 Å². The molecule has 2 aromatic carbocycles. The molecule has 2 heterocycles. The van der Waals surface area contributed by atoms with E-state index in [1.54, 1.807) is 12.3 Å². The number of rotatable bonds is 6. The van der Waals surface area contributed by atoms with E-state index < -0.39 is 17.1 Å². The average Bonchev–Trinajstić information content (AvgIpc) is 3.27. The third-order valence-corrected chi connectivity index (χ3v) is 6.37. The van der Waals surface area contributed by atoms with Crippen LogP contribution in [0.25, 0.3) is 26.9 Å². The summed E-state index contributed by atoms with van der Waals surface area (Å²) < 4.78 is 21.3. The van der Waals surface area contributed by atoms with Crippen LogP contribution in [0.2, 0.25) is 5.02 Å². The lowest BCUT2D eigenvalue weighted by atomic mass is 10.1. The molecule has 0 saturated carbocycles. The molecule has 34 heavy (non-hydrogen) atoms. The van der Waals surface area contributed by atoms with Gasteiger partial charge in [0.05, 0.1) is 23.7 Å². The summed E-state index contributed by atoms with van der Waals surface area (Å²) in [7, 11) is 1.33. The Morgan fingerprint density at radius 1 is 1.24 bits per heavy atom. The lowest BCUT2D eigenvalue weighted by Crippen LogP contribution is -2.36. The third-order valence-electron chi connectivity index (χ3n) is 4.91. The molecule has 0 radical (unpaired) electrons. The average molecular weight is 495 g/mol. The van der Waals surface area contributed by atoms with E-state index in [1.165, 1.54) is 30.1 Å². The summed E-state index contributed by atoms with van der Waals surface area (Å²) in [6, 6.07) is 15.4. The van der Waals surface area contributed by atoms with Crippen LogP contribution in [-0.4, -0.2) is 22.5 Å². The molecule has 10 heteroatoms. The highest BCUT2D eigenvalue weighted by Gasteiger charge is 2.19. The summed E-state index contributed by atoms with van der Waals surface area (Å²) in [6.07, 6.45) is 4.17. The number of aliphatic imine (C=N–C) groups is 1. The largest absolute Gasteiger partial charge is 0.494 e. The maximum Gasteiger partial charge on any atom is 0.336 e. The highest BCUT2D eigenvalue weighted by atomic mass is 35.5. The van der Waals surface area contributed by atoms with Crippen molar-refractivity contribution in [3.63, 3.8) is 0 Å². The maximum absolute atomic E-state index is 14.0. The predicted octanol–water partition coefficient (Wildman–Crippen LogP) is 4.76. The van der Waals surface area contributed by atoms with E-state index in [9.17, 15) is 19.2 Å². The molecular weight excluding hydrogens is 479 g/mol. The van der Waals surface area contributed by atoms with Gasteiger partial charge < -0.3 is 4.74 Å². The summed E-state index contributed by atoms with van der Waals surface area (Å²) in [5.74, 6) is -0.634. The molecule has 0 aliphatic rings. The van der Waals surface area contributed by atoms with Gasteiger partial charge in [0.2, 0.25) is 0 Å². The van der Waals surface area contributed by atoms with Crippen LogP contribution in [0.4, 0.5) is 4.39 Å². The van der Waals surface area contributed by atoms with Crippen LogP contribution in [0.3, 0.4) is 0 Å². The number of hydrogen-bond donors (Lipinski definition) is 0. The van der Waals surface area contributed by atoms with Crippen LogP contribution >= 0.6 is 22.9 Å². The molecule has 0 saturated heterocycles. The van der Waals surface area contributed by atoms with Gasteiger partial charge in [0, 0.05) is 29.1 Å². The fourth-order valence-electron chi connectivity index (χ4n) is 3.30. The Morgan fingerprint density at radius 2 is 2.00 bits per heavy atom. The van der Waals surface area contributed by atoms with Crippen molar-refractivity contribution in [3.05, 3.63) is 92.0 Å². The Kier molecular flexibility index (Phi) is 6.72. The van der Waals surface area contributed by atoms with Crippen molar-refractivity contribution in [2.75, 3.05) is 7.11 Å². The smallest absolute Gasteiger partial charge is 0.336 e. The zero-order valence-electron chi connectivity index (χ0n) is 17.7. The molecule has 0 atom stereocenters. The third kappa shape index (κ3) is 4.41. The van der Waals surface area contributed by atoms with E-state index >= 15 is 0 Å². The van der Waals surface area contributed by atoms with Gasteiger partial charge in [-0.25, -0.2) is 13.8 Å². The van der Waals surface area contributed by atoms with Gasteiger partial charge in [-0.3, -0.25) is 14.4 Å². The number of nitrogens with zero attached hydrogens (tertiary/aromatic N) is 4. The topological polar surface area (TPSA) is 89.4 Å². The molecule has 4 rings (SSSR count). The minimum Gasteiger partial charge on any atom is -0.494 e. The van der Waals surface area contributed by atoms with E-state index in [1.807, 2.05) is 36.4 Å². The van der Waals surface area contributed by atoms with E-state index in [-0.39, 0.29) is 27.5 Å². The van der Waals surface area contributed by atoms with Gasteiger partial charge in [-0.05, 0) is 23.8 Å². The second-order valence-corrected chi connectivity index (χ2v) is 8.44. The molecule has 7 nitrogen and oxygen atoms in total. The summed E-state index contributed by atoms with van der Waals surface area (Å²) in [5.41, 5.74) is 0.324. The Hall–Kier alpha value is -4.00. The summed E-state index contributed by atoms with van der Waals surface area (Å²) in [4.78, 5) is 30.8. The van der Waals surface area contributed by atoms with Crippen molar-refractivity contribution in [3.8, 4) is 22.3 Å². The van der Waals surface area contributed by atoms with Crippen molar-refractivity contribution in [1.29, 1.82) is 5.26 Å². The molecule has 2 aromatic heterocycles. The van der Waals surface area contributed by atoms with E-state index in [2.05, 4.69) is 4.99 Å². The second-order valence-electron chi connectivity index (χ2n) is 6.98. The van der Waals surface area contributed by atoms with Crippen LogP contribution in [0.1, 0.15) is 5.56 Å². The number of halogens is 2. The lowest BCUT2D eigenvalue weighted by Gasteiger charge is -2.06. The molecule has 0 unspecified atom stereocenters. The molecule has 0 fully saturated rings. The van der Waals surface area contributed by atoms with Gasteiger partial charge in [0.25, 0.3) is 5.56 Å². The number of nitriles is 1. The van der Waals surface area contributed by atoms with E-state index in [0.29, 0.717) is 10.4 Å². The van der Waals surface area contributed by atoms with Crippen LogP contribution in [-0.2, 0) is 6.54 Å². The lowest BCUT2D eigenvalue weighted by molar-refractivity contribution is 0.387. The Bertz CT molecular complexity index is 1600. The Labute approximate surface area is 201 Å². The monoisotopic (exact) mass is 494 g/mol. The predicted molar refractivity (Wildman–Crippen MR) is 132 cm³/mol. The zero-order valence-corrected chi connectivity index (χ0v) is 19.3. The number of benzene rings is 2. The van der Waals surface area contributed by atoms with Crippen molar-refractivity contribution in [1.82, 2.24) is 9.13 Å². The zero-order chi connectivity index (χ0) is 24.2. The SMILES string of the molecule is COc1cc(-c2cc3c(s2)c(=O)n(/C=C/N=Cc2ccccc2)c(=O)n3CC#N)c(Cl)cc1F. The molecule has 0 spiro atoms. The summed E-state index contributed by atoms with van der Waals surface area (Å²) in [6.45, 7) is -0.270. The van der Waals surface area contributed by atoms with Gasteiger partial charge in [-0.1, -0.05) is 41.9 Å². The van der Waals surface area contributed by atoms with Crippen LogP contribution in [0.5, 0.6) is 5.75 Å². The molecule has 0 N–H and O–H groups in total. The van der Waals surface area contributed by atoms with Crippen molar-refractivity contribution in [2.45, 2.75) is 6.54 Å². The molecular formula is C24H16ClFN4O3S. The van der Waals surface area contributed by atoms with Gasteiger partial charge in [0.1, 0.15) is 11.2 Å². The molecule has 4 aromatic rings. The summed E-state index contributed by atoms with van der Waals surface area (Å²) >= 11 is 7.32. The van der Waals surface area contributed by atoms with Gasteiger partial charge in [-0.15, -0.1) is 11.3 Å². The number of thiophene rings is 1. The number of methoxy groups -OCH3 is 1. The fraction of sp³-hybridized carbons (Fsp3) is 0.0833. The first kappa shape index (κ1) is 23.2. The van der Waals surface area contributed by atoms with Gasteiger partial charge in [0.15, 0.2) is 11.6 Å². The molecule has 0 aliphatic heterocycles. The Morgan fingerprint density at radius 3 is 2.71 bits per heavy atom. The number of ether oxygens (including phenoxy) is 1. The van der Waals surface area contributed by atoms with Crippen molar-refractivity contribution >= 4 is 45.6 Å². The Balaban J connectivity index is 1.85. The van der Waals surface area contributed by atoms with E-state index in [0.717, 1.165) is 27.5 Å². The fourth-order valence-corrected chi connectivity index (χ4v) is 4.74. The molecule has 0 aliphatic carbocycles. The first-order valence-electron chi connectivity index (χ1n) is 9.88. The van der Waals surface area contributed by atoms with Crippen LogP contribution in [0.15, 0.2) is 69.3 Å². The number of hydrogen-bond acceptors (Lipinski definition) is 6. The molecule has 170 valence electrons. The molecule has 0 amide bonds. The number of fused-ring (bicyclic) bond motifs is 1. The standard InChI is InChI=1S/C24H16ClFN4O3S/c1-33-20-11-16(17(25)12-18(20)26)21-13-19-22(34-21)23(31)30(24(32)29(19)9-7-27)10-8-28-14-15-5-3-2-4-6-15/h2-6,8,10-14H,9H2,1H3/b10-8+,28-14?.